The average molecular weight is 710 g/mol. The Morgan fingerprint density at radius 2 is 1.42 bits per heavy atom. The monoisotopic (exact) mass is 709 g/mol. The molecule has 0 radical (unpaired) electrons. The summed E-state index contributed by atoms with van der Waals surface area (Å²) in [6, 6.07) is 11.0. The van der Waals surface area contributed by atoms with E-state index in [9.17, 15) is 29.1 Å². The van der Waals surface area contributed by atoms with Crippen LogP contribution in [0.2, 0.25) is 0 Å². The Hall–Kier alpha value is -5.09. The molecule has 270 valence electrons. The van der Waals surface area contributed by atoms with Crippen molar-refractivity contribution in [2.75, 3.05) is 18.6 Å². The number of fused-ring (bicyclic) bond motifs is 1. The Balaban J connectivity index is 1.78. The minimum absolute atomic E-state index is 0.0557. The molecule has 12 N–H and O–H groups in total. The van der Waals surface area contributed by atoms with E-state index in [0.717, 1.165) is 16.5 Å². The van der Waals surface area contributed by atoms with Gasteiger partial charge in [0.05, 0.1) is 6.04 Å². The summed E-state index contributed by atoms with van der Waals surface area (Å²) >= 11 is 1.48. The molecule has 0 saturated carbocycles. The van der Waals surface area contributed by atoms with Gasteiger partial charge in [0, 0.05) is 30.1 Å². The SMILES string of the molecule is CSCC[C@H](NC(=O)[C@@H](N)Cc1c[nH]c2ccccc12)C(=O)N[C@@H](CCCN=C(N)N)C(=O)N[C@@H](Cc1ccccc1)C(=O)N[C@@H](C)C(=O)O. The number of hydrogen-bond acceptors (Lipinski definition) is 8. The van der Waals surface area contributed by atoms with Gasteiger partial charge in [-0.1, -0.05) is 48.5 Å². The molecule has 0 unspecified atom stereocenters. The van der Waals surface area contributed by atoms with Gasteiger partial charge in [-0.05, 0) is 61.8 Å². The summed E-state index contributed by atoms with van der Waals surface area (Å²) in [5.41, 5.74) is 19.7. The van der Waals surface area contributed by atoms with Crippen molar-refractivity contribution < 1.29 is 29.1 Å². The van der Waals surface area contributed by atoms with E-state index in [-0.39, 0.29) is 38.2 Å². The summed E-state index contributed by atoms with van der Waals surface area (Å²) in [7, 11) is 0. The van der Waals surface area contributed by atoms with Gasteiger partial charge in [0.2, 0.25) is 23.6 Å². The summed E-state index contributed by atoms with van der Waals surface area (Å²) in [4.78, 5) is 72.5. The average Bonchev–Trinajstić information content (AvgIpc) is 3.49. The van der Waals surface area contributed by atoms with Crippen molar-refractivity contribution in [1.29, 1.82) is 0 Å². The first-order valence-electron chi connectivity index (χ1n) is 16.2. The van der Waals surface area contributed by atoms with Crippen molar-refractivity contribution in [2.24, 2.45) is 22.2 Å². The lowest BCUT2D eigenvalue weighted by Crippen LogP contribution is -2.58. The summed E-state index contributed by atoms with van der Waals surface area (Å²) in [5.74, 6) is -3.39. The standard InChI is InChI=1S/C34H47N9O6S/c1-20(33(48)49)40-32(47)28(17-21-9-4-3-5-10-21)43-30(45)26(13-8-15-38-34(36)37)42-31(46)27(14-16-50-2)41-29(44)24(35)18-22-19-39-25-12-7-6-11-23(22)25/h3-7,9-12,19-20,24,26-28,39H,8,13-18,35H2,1-2H3,(H,40,47)(H,41,44)(H,42,46)(H,43,45)(H,48,49)(H4,36,37,38)/t20-,24-,26-,27-,28-/m0/s1. The zero-order chi connectivity index (χ0) is 36.6. The first kappa shape index (κ1) is 39.3. The van der Waals surface area contributed by atoms with Gasteiger partial charge in [0.25, 0.3) is 0 Å². The number of carbonyl (C=O) groups excluding carboxylic acids is 4. The molecule has 50 heavy (non-hydrogen) atoms. The number of benzene rings is 2. The fourth-order valence-electron chi connectivity index (χ4n) is 5.17. The molecule has 5 atom stereocenters. The number of thioether (sulfide) groups is 1. The largest absolute Gasteiger partial charge is 0.480 e. The van der Waals surface area contributed by atoms with Crippen LogP contribution in [0.3, 0.4) is 0 Å². The van der Waals surface area contributed by atoms with E-state index in [1.54, 1.807) is 36.5 Å². The molecule has 1 aromatic heterocycles. The van der Waals surface area contributed by atoms with Crippen LogP contribution in [-0.4, -0.2) is 94.4 Å². The number of amides is 4. The maximum Gasteiger partial charge on any atom is 0.325 e. The van der Waals surface area contributed by atoms with Gasteiger partial charge >= 0.3 is 5.97 Å². The Labute approximate surface area is 295 Å². The number of aromatic nitrogens is 1. The number of rotatable bonds is 20. The van der Waals surface area contributed by atoms with Crippen molar-refractivity contribution in [3.63, 3.8) is 0 Å². The number of aromatic amines is 1. The number of carboxylic acid groups (broad SMARTS) is 1. The lowest BCUT2D eigenvalue weighted by molar-refractivity contribution is -0.141. The van der Waals surface area contributed by atoms with E-state index in [1.165, 1.54) is 18.7 Å². The lowest BCUT2D eigenvalue weighted by atomic mass is 10.0. The van der Waals surface area contributed by atoms with Gasteiger partial charge in [-0.3, -0.25) is 29.0 Å². The molecule has 16 heteroatoms. The Kier molecular flexibility index (Phi) is 15.6. The zero-order valence-electron chi connectivity index (χ0n) is 28.2. The fraction of sp³-hybridized carbons (Fsp3) is 0.412. The smallest absolute Gasteiger partial charge is 0.325 e. The topological polar surface area (TPSA) is 260 Å². The highest BCUT2D eigenvalue weighted by Crippen LogP contribution is 2.19. The van der Waals surface area contributed by atoms with Crippen LogP contribution in [0.1, 0.15) is 37.3 Å². The minimum Gasteiger partial charge on any atom is -0.480 e. The summed E-state index contributed by atoms with van der Waals surface area (Å²) in [6.45, 7) is 1.48. The Bertz CT molecular complexity index is 1630. The molecule has 15 nitrogen and oxygen atoms in total. The maximum atomic E-state index is 13.8. The summed E-state index contributed by atoms with van der Waals surface area (Å²) in [5, 5.41) is 20.9. The number of para-hydroxylation sites is 1. The van der Waals surface area contributed by atoms with Crippen LogP contribution in [-0.2, 0) is 36.8 Å². The molecule has 0 aliphatic carbocycles. The summed E-state index contributed by atoms with van der Waals surface area (Å²) < 4.78 is 0. The van der Waals surface area contributed by atoms with Crippen LogP contribution in [0.4, 0.5) is 0 Å². The van der Waals surface area contributed by atoms with Crippen LogP contribution in [0.5, 0.6) is 0 Å². The molecule has 0 spiro atoms. The molecule has 0 aliphatic rings. The number of nitrogens with zero attached hydrogens (tertiary/aromatic N) is 1. The second-order valence-corrected chi connectivity index (χ2v) is 12.8. The predicted molar refractivity (Wildman–Crippen MR) is 194 cm³/mol. The molecule has 3 aromatic rings. The number of hydrogen-bond donors (Lipinski definition) is 9. The van der Waals surface area contributed by atoms with Crippen LogP contribution in [0.15, 0.2) is 65.8 Å². The number of carboxylic acids is 1. The molecule has 3 rings (SSSR count). The first-order valence-corrected chi connectivity index (χ1v) is 17.6. The normalized spacial score (nSPS) is 14.0. The molecule has 1 heterocycles. The van der Waals surface area contributed by atoms with Crippen molar-refractivity contribution in [3.05, 3.63) is 71.9 Å². The van der Waals surface area contributed by atoms with Gasteiger partial charge in [-0.15, -0.1) is 0 Å². The molecule has 4 amide bonds. The third-order valence-corrected chi connectivity index (χ3v) is 8.56. The zero-order valence-corrected chi connectivity index (χ0v) is 29.0. The first-order chi connectivity index (χ1) is 23.9. The Morgan fingerprint density at radius 1 is 0.820 bits per heavy atom. The highest BCUT2D eigenvalue weighted by atomic mass is 32.2. The number of guanidine groups is 1. The van der Waals surface area contributed by atoms with E-state index in [2.05, 4.69) is 31.2 Å². The number of aliphatic imine (C=N–C) groups is 1. The highest BCUT2D eigenvalue weighted by molar-refractivity contribution is 7.98. The molecule has 0 fully saturated rings. The van der Waals surface area contributed by atoms with Gasteiger partial charge < -0.3 is 48.6 Å². The third-order valence-electron chi connectivity index (χ3n) is 7.92. The lowest BCUT2D eigenvalue weighted by Gasteiger charge is -2.26. The maximum absolute atomic E-state index is 13.8. The van der Waals surface area contributed by atoms with E-state index in [1.807, 2.05) is 30.5 Å². The highest BCUT2D eigenvalue weighted by Gasteiger charge is 2.31. The molecule has 0 bridgehead atoms. The number of H-pyrrole nitrogens is 1. The van der Waals surface area contributed by atoms with Crippen LogP contribution < -0.4 is 38.5 Å². The Morgan fingerprint density at radius 3 is 2.08 bits per heavy atom. The number of nitrogens with two attached hydrogens (primary N) is 3. The van der Waals surface area contributed by atoms with Crippen LogP contribution in [0, 0.1) is 0 Å². The van der Waals surface area contributed by atoms with Gasteiger partial charge in [0.1, 0.15) is 24.2 Å². The quantitative estimate of drug-likeness (QED) is 0.0435. The summed E-state index contributed by atoms with van der Waals surface area (Å²) in [6.07, 6.45) is 4.58. The third kappa shape index (κ3) is 12.4. The van der Waals surface area contributed by atoms with Crippen molar-refractivity contribution >= 4 is 58.2 Å². The number of nitrogens with one attached hydrogen (secondary N) is 5. The van der Waals surface area contributed by atoms with Gasteiger partial charge in [-0.2, -0.15) is 11.8 Å². The second kappa shape index (κ2) is 19.8. The van der Waals surface area contributed by atoms with Crippen LogP contribution in [0.25, 0.3) is 10.9 Å². The molecular weight excluding hydrogens is 662 g/mol. The van der Waals surface area contributed by atoms with Crippen LogP contribution >= 0.6 is 11.8 Å². The number of aliphatic carboxylic acids is 1. The molecule has 0 saturated heterocycles. The van der Waals surface area contributed by atoms with E-state index in [4.69, 9.17) is 17.2 Å². The van der Waals surface area contributed by atoms with E-state index >= 15 is 0 Å². The fourth-order valence-corrected chi connectivity index (χ4v) is 5.64. The number of carbonyl (C=O) groups is 5. The van der Waals surface area contributed by atoms with Crippen molar-refractivity contribution in [1.82, 2.24) is 26.3 Å². The molecule has 0 aliphatic heterocycles. The van der Waals surface area contributed by atoms with E-state index < -0.39 is 59.8 Å². The second-order valence-electron chi connectivity index (χ2n) is 11.8. The molecular formula is C34H47N9O6S. The van der Waals surface area contributed by atoms with Gasteiger partial charge in [0.15, 0.2) is 5.96 Å². The minimum atomic E-state index is -1.24. The van der Waals surface area contributed by atoms with Gasteiger partial charge in [-0.25, -0.2) is 0 Å². The predicted octanol–water partition coefficient (Wildman–Crippen LogP) is 0.131. The molecule has 2 aromatic carbocycles. The van der Waals surface area contributed by atoms with E-state index in [0.29, 0.717) is 17.7 Å². The van der Waals surface area contributed by atoms with Crippen molar-refractivity contribution in [2.45, 2.75) is 69.2 Å². The van der Waals surface area contributed by atoms with Crippen molar-refractivity contribution in [3.8, 4) is 0 Å².